The van der Waals surface area contributed by atoms with Gasteiger partial charge in [-0.1, -0.05) is 20.3 Å². The second-order valence-electron chi connectivity index (χ2n) is 3.90. The molecule has 1 rings (SSSR count). The van der Waals surface area contributed by atoms with Crippen molar-refractivity contribution in [1.29, 1.82) is 0 Å². The molecule has 0 bridgehead atoms. The maximum atomic E-state index is 11.2. The van der Waals surface area contributed by atoms with Crippen LogP contribution in [0.2, 0.25) is 0 Å². The number of carbonyl (C=O) groups is 1. The third-order valence-corrected chi connectivity index (χ3v) is 2.72. The maximum absolute atomic E-state index is 11.2. The Balaban J connectivity index is 2.46. The Morgan fingerprint density at radius 2 is 2.27 bits per heavy atom. The maximum Gasteiger partial charge on any atom is 0.133 e. The fraction of sp³-hybridized carbons (Fsp3) is 0.900. The molecule has 1 aliphatic carbocycles. The predicted octanol–water partition coefficient (Wildman–Crippen LogP) is 2.79. The SMILES string of the molecule is CCC1CCC(=O)CC(C)C1. The van der Waals surface area contributed by atoms with Crippen LogP contribution in [0.25, 0.3) is 0 Å². The van der Waals surface area contributed by atoms with E-state index in [2.05, 4.69) is 13.8 Å². The van der Waals surface area contributed by atoms with Gasteiger partial charge in [0.15, 0.2) is 0 Å². The summed E-state index contributed by atoms with van der Waals surface area (Å²) in [5, 5.41) is 0. The van der Waals surface area contributed by atoms with Crippen LogP contribution in [0.3, 0.4) is 0 Å². The molecule has 2 atom stereocenters. The zero-order valence-electron chi connectivity index (χ0n) is 7.60. The lowest BCUT2D eigenvalue weighted by atomic mass is 9.93. The van der Waals surface area contributed by atoms with Crippen molar-refractivity contribution < 1.29 is 4.79 Å². The fourth-order valence-electron chi connectivity index (χ4n) is 2.00. The van der Waals surface area contributed by atoms with Gasteiger partial charge in [-0.25, -0.2) is 0 Å². The van der Waals surface area contributed by atoms with Crippen LogP contribution in [-0.4, -0.2) is 5.78 Å². The summed E-state index contributed by atoms with van der Waals surface area (Å²) in [6.45, 7) is 4.43. The highest BCUT2D eigenvalue weighted by molar-refractivity contribution is 5.78. The minimum absolute atomic E-state index is 0.480. The molecule has 1 saturated carbocycles. The molecule has 0 aromatic rings. The van der Waals surface area contributed by atoms with Gasteiger partial charge >= 0.3 is 0 Å². The standard InChI is InChI=1S/C10H18O/c1-3-9-4-5-10(11)7-8(2)6-9/h8-9H,3-7H2,1-2H3. The Morgan fingerprint density at radius 1 is 1.55 bits per heavy atom. The molecule has 64 valence electrons. The first-order valence-corrected chi connectivity index (χ1v) is 4.74. The molecular formula is C10H18O. The second-order valence-corrected chi connectivity index (χ2v) is 3.90. The summed E-state index contributed by atoms with van der Waals surface area (Å²) < 4.78 is 0. The summed E-state index contributed by atoms with van der Waals surface area (Å²) in [6, 6.07) is 0. The second kappa shape index (κ2) is 3.89. The van der Waals surface area contributed by atoms with E-state index in [0.717, 1.165) is 25.2 Å². The third-order valence-electron chi connectivity index (χ3n) is 2.72. The number of rotatable bonds is 1. The smallest absolute Gasteiger partial charge is 0.133 e. The van der Waals surface area contributed by atoms with E-state index in [1.165, 1.54) is 12.8 Å². The summed E-state index contributed by atoms with van der Waals surface area (Å²) in [5.41, 5.74) is 0. The van der Waals surface area contributed by atoms with Crippen LogP contribution in [0.4, 0.5) is 0 Å². The van der Waals surface area contributed by atoms with Crippen LogP contribution >= 0.6 is 0 Å². The van der Waals surface area contributed by atoms with Crippen molar-refractivity contribution in [3.8, 4) is 0 Å². The highest BCUT2D eigenvalue weighted by Crippen LogP contribution is 2.27. The van der Waals surface area contributed by atoms with Crippen molar-refractivity contribution in [1.82, 2.24) is 0 Å². The van der Waals surface area contributed by atoms with Crippen LogP contribution in [-0.2, 0) is 4.79 Å². The quantitative estimate of drug-likeness (QED) is 0.531. The molecule has 0 heterocycles. The summed E-state index contributed by atoms with van der Waals surface area (Å²) in [5.74, 6) is 1.93. The third kappa shape index (κ3) is 2.64. The van der Waals surface area contributed by atoms with Crippen molar-refractivity contribution in [2.45, 2.75) is 46.0 Å². The minimum Gasteiger partial charge on any atom is -0.300 e. The number of ketones is 1. The van der Waals surface area contributed by atoms with Gasteiger partial charge in [0.05, 0.1) is 0 Å². The molecule has 1 fully saturated rings. The van der Waals surface area contributed by atoms with Gasteiger partial charge in [-0.15, -0.1) is 0 Å². The lowest BCUT2D eigenvalue weighted by Gasteiger charge is -2.13. The minimum atomic E-state index is 0.480. The number of carbonyl (C=O) groups excluding carboxylic acids is 1. The van der Waals surface area contributed by atoms with Crippen LogP contribution in [0.15, 0.2) is 0 Å². The van der Waals surface area contributed by atoms with Gasteiger partial charge in [-0.05, 0) is 24.7 Å². The van der Waals surface area contributed by atoms with E-state index in [-0.39, 0.29) is 0 Å². The van der Waals surface area contributed by atoms with Gasteiger partial charge < -0.3 is 0 Å². The zero-order valence-corrected chi connectivity index (χ0v) is 7.60. The molecule has 0 saturated heterocycles. The summed E-state index contributed by atoms with van der Waals surface area (Å²) in [6.07, 6.45) is 5.32. The summed E-state index contributed by atoms with van der Waals surface area (Å²) >= 11 is 0. The first-order chi connectivity index (χ1) is 5.22. The van der Waals surface area contributed by atoms with E-state index in [1.54, 1.807) is 0 Å². The van der Waals surface area contributed by atoms with E-state index >= 15 is 0 Å². The van der Waals surface area contributed by atoms with Gasteiger partial charge in [0.25, 0.3) is 0 Å². The number of hydrogen-bond donors (Lipinski definition) is 0. The number of hydrogen-bond acceptors (Lipinski definition) is 1. The Morgan fingerprint density at radius 3 is 2.91 bits per heavy atom. The Kier molecular flexibility index (Phi) is 3.10. The fourth-order valence-corrected chi connectivity index (χ4v) is 2.00. The average molecular weight is 154 g/mol. The van der Waals surface area contributed by atoms with Crippen LogP contribution in [0.1, 0.15) is 46.0 Å². The highest BCUT2D eigenvalue weighted by atomic mass is 16.1. The average Bonchev–Trinajstić information content (AvgIpc) is 2.11. The molecule has 0 aromatic heterocycles. The first kappa shape index (κ1) is 8.76. The lowest BCUT2D eigenvalue weighted by molar-refractivity contribution is -0.119. The van der Waals surface area contributed by atoms with Gasteiger partial charge in [-0.3, -0.25) is 4.79 Å². The highest BCUT2D eigenvalue weighted by Gasteiger charge is 2.19. The largest absolute Gasteiger partial charge is 0.300 e. The predicted molar refractivity (Wildman–Crippen MR) is 46.4 cm³/mol. The van der Waals surface area contributed by atoms with Gasteiger partial charge in [0.2, 0.25) is 0 Å². The lowest BCUT2D eigenvalue weighted by Crippen LogP contribution is -2.02. The monoisotopic (exact) mass is 154 g/mol. The molecule has 2 unspecified atom stereocenters. The van der Waals surface area contributed by atoms with Crippen LogP contribution in [0.5, 0.6) is 0 Å². The Labute approximate surface area is 69.2 Å². The van der Waals surface area contributed by atoms with E-state index < -0.39 is 0 Å². The first-order valence-electron chi connectivity index (χ1n) is 4.74. The number of Topliss-reactive ketones (excluding diaryl/α,β-unsaturated/α-hetero) is 1. The van der Waals surface area contributed by atoms with E-state index in [4.69, 9.17) is 0 Å². The molecule has 1 heteroatoms. The van der Waals surface area contributed by atoms with E-state index in [9.17, 15) is 4.79 Å². The molecule has 0 amide bonds. The van der Waals surface area contributed by atoms with Crippen molar-refractivity contribution in [3.05, 3.63) is 0 Å². The topological polar surface area (TPSA) is 17.1 Å². The molecular weight excluding hydrogens is 136 g/mol. The van der Waals surface area contributed by atoms with Crippen molar-refractivity contribution >= 4 is 5.78 Å². The Hall–Kier alpha value is -0.330. The van der Waals surface area contributed by atoms with Crippen LogP contribution in [0, 0.1) is 11.8 Å². The van der Waals surface area contributed by atoms with Crippen molar-refractivity contribution in [3.63, 3.8) is 0 Å². The van der Waals surface area contributed by atoms with E-state index in [0.29, 0.717) is 11.7 Å². The van der Waals surface area contributed by atoms with Crippen molar-refractivity contribution in [2.75, 3.05) is 0 Å². The molecule has 1 nitrogen and oxygen atoms in total. The molecule has 0 radical (unpaired) electrons. The van der Waals surface area contributed by atoms with E-state index in [1.807, 2.05) is 0 Å². The van der Waals surface area contributed by atoms with Crippen molar-refractivity contribution in [2.24, 2.45) is 11.8 Å². The molecule has 11 heavy (non-hydrogen) atoms. The molecule has 0 N–H and O–H groups in total. The summed E-state index contributed by atoms with van der Waals surface area (Å²) in [4.78, 5) is 11.2. The van der Waals surface area contributed by atoms with Gasteiger partial charge in [0.1, 0.15) is 5.78 Å². The molecule has 1 aliphatic rings. The molecule has 0 spiro atoms. The van der Waals surface area contributed by atoms with Gasteiger partial charge in [-0.2, -0.15) is 0 Å². The zero-order chi connectivity index (χ0) is 8.27. The Bertz CT molecular complexity index is 140. The summed E-state index contributed by atoms with van der Waals surface area (Å²) in [7, 11) is 0. The normalized spacial score (nSPS) is 33.5. The molecule has 0 aliphatic heterocycles. The van der Waals surface area contributed by atoms with Gasteiger partial charge in [0, 0.05) is 12.8 Å². The molecule has 0 aromatic carbocycles. The van der Waals surface area contributed by atoms with Crippen LogP contribution < -0.4 is 0 Å².